The maximum atomic E-state index is 13.2. The Balaban J connectivity index is 2.68. The minimum absolute atomic E-state index is 0.202. The number of aromatic hydroxyl groups is 1. The van der Waals surface area contributed by atoms with Gasteiger partial charge in [0, 0.05) is 12.5 Å². The molecule has 0 saturated carbocycles. The van der Waals surface area contributed by atoms with Crippen LogP contribution in [0.4, 0.5) is 0 Å². The van der Waals surface area contributed by atoms with Gasteiger partial charge < -0.3 is 10.0 Å². The van der Waals surface area contributed by atoms with Gasteiger partial charge in [-0.2, -0.15) is 0 Å². The van der Waals surface area contributed by atoms with Gasteiger partial charge >= 0.3 is 0 Å². The van der Waals surface area contributed by atoms with Crippen molar-refractivity contribution in [3.05, 3.63) is 65.7 Å². The van der Waals surface area contributed by atoms with E-state index >= 15 is 0 Å². The van der Waals surface area contributed by atoms with Crippen molar-refractivity contribution in [1.29, 1.82) is 0 Å². The van der Waals surface area contributed by atoms with Gasteiger partial charge in [0.1, 0.15) is 11.5 Å². The average Bonchev–Trinajstić information content (AvgIpc) is 2.60. The normalized spacial score (nSPS) is 15.0. The minimum Gasteiger partial charge on any atom is -0.508 e. The summed E-state index contributed by atoms with van der Waals surface area (Å²) in [5.74, 6) is 0.415. The number of hydrogen-bond acceptors (Lipinski definition) is 3. The van der Waals surface area contributed by atoms with Gasteiger partial charge in [-0.15, -0.1) is 0 Å². The van der Waals surface area contributed by atoms with Crippen LogP contribution in [0, 0.1) is 0 Å². The van der Waals surface area contributed by atoms with Crippen molar-refractivity contribution in [2.75, 3.05) is 14.1 Å². The summed E-state index contributed by atoms with van der Waals surface area (Å²) in [6, 6.07) is 17.3. The van der Waals surface area contributed by atoms with E-state index in [1.54, 1.807) is 12.1 Å². The quantitative estimate of drug-likeness (QED) is 0.836. The van der Waals surface area contributed by atoms with Crippen molar-refractivity contribution in [3.63, 3.8) is 0 Å². The summed E-state index contributed by atoms with van der Waals surface area (Å²) in [5.41, 5.74) is 1.25. The number of carbonyl (C=O) groups is 1. The van der Waals surface area contributed by atoms with E-state index in [1.165, 1.54) is 0 Å². The van der Waals surface area contributed by atoms with Crippen molar-refractivity contribution in [3.8, 4) is 5.75 Å². The Morgan fingerprint density at radius 1 is 1.04 bits per heavy atom. The highest BCUT2D eigenvalue weighted by molar-refractivity contribution is 5.93. The van der Waals surface area contributed by atoms with Gasteiger partial charge in [-0.25, -0.2) is 0 Å². The van der Waals surface area contributed by atoms with Crippen LogP contribution in [0.2, 0.25) is 0 Å². The van der Waals surface area contributed by atoms with Crippen molar-refractivity contribution in [1.82, 2.24) is 4.90 Å². The lowest BCUT2D eigenvalue weighted by atomic mass is 9.67. The smallest absolute Gasteiger partial charge is 0.147 e. The molecule has 2 unspecified atom stereocenters. The molecule has 2 aromatic carbocycles. The van der Waals surface area contributed by atoms with Crippen LogP contribution in [0.5, 0.6) is 5.75 Å². The second-order valence-corrected chi connectivity index (χ2v) is 6.61. The first-order valence-electron chi connectivity index (χ1n) is 8.46. The number of rotatable bonds is 7. The molecule has 24 heavy (non-hydrogen) atoms. The van der Waals surface area contributed by atoms with Crippen molar-refractivity contribution in [2.24, 2.45) is 0 Å². The van der Waals surface area contributed by atoms with Gasteiger partial charge in [-0.3, -0.25) is 4.79 Å². The highest BCUT2D eigenvalue weighted by Crippen LogP contribution is 2.40. The molecule has 0 aliphatic heterocycles. The van der Waals surface area contributed by atoms with E-state index in [2.05, 4.69) is 11.8 Å². The van der Waals surface area contributed by atoms with Crippen molar-refractivity contribution >= 4 is 5.78 Å². The Bertz CT molecular complexity index is 664. The van der Waals surface area contributed by atoms with Gasteiger partial charge in [0.05, 0.1) is 5.41 Å². The number of phenolic OH excluding ortho intramolecular Hbond substituents is 1. The van der Waals surface area contributed by atoms with Gasteiger partial charge in [0.25, 0.3) is 0 Å². The largest absolute Gasteiger partial charge is 0.508 e. The topological polar surface area (TPSA) is 40.5 Å². The van der Waals surface area contributed by atoms with Gasteiger partial charge in [-0.1, -0.05) is 49.4 Å². The third-order valence-electron chi connectivity index (χ3n) is 4.91. The van der Waals surface area contributed by atoms with Crippen LogP contribution in [-0.2, 0) is 10.2 Å². The predicted molar refractivity (Wildman–Crippen MR) is 98.4 cm³/mol. The molecule has 2 rings (SSSR count). The summed E-state index contributed by atoms with van der Waals surface area (Å²) in [7, 11) is 4.07. The van der Waals surface area contributed by atoms with E-state index < -0.39 is 5.41 Å². The molecule has 1 N–H and O–H groups in total. The fraction of sp³-hybridized carbons (Fsp3) is 0.381. The molecule has 0 aliphatic rings. The fourth-order valence-corrected chi connectivity index (χ4v) is 3.23. The highest BCUT2D eigenvalue weighted by Gasteiger charge is 2.41. The molecule has 0 heterocycles. The van der Waals surface area contributed by atoms with Crippen LogP contribution in [0.3, 0.4) is 0 Å². The zero-order valence-corrected chi connectivity index (χ0v) is 15.0. The maximum absolute atomic E-state index is 13.2. The van der Waals surface area contributed by atoms with Gasteiger partial charge in [-0.05, 0) is 50.7 Å². The molecule has 0 radical (unpaired) electrons. The second kappa shape index (κ2) is 7.63. The van der Waals surface area contributed by atoms with E-state index in [0.717, 1.165) is 11.1 Å². The minimum atomic E-state index is -0.701. The van der Waals surface area contributed by atoms with E-state index in [0.29, 0.717) is 12.8 Å². The van der Waals surface area contributed by atoms with E-state index in [9.17, 15) is 9.90 Å². The zero-order valence-electron chi connectivity index (χ0n) is 15.0. The first kappa shape index (κ1) is 18.2. The molecule has 0 fully saturated rings. The number of carbonyl (C=O) groups excluding carboxylic acids is 1. The Labute approximate surface area is 144 Å². The number of phenols is 1. The molecule has 3 heteroatoms. The molecule has 3 nitrogen and oxygen atoms in total. The monoisotopic (exact) mass is 325 g/mol. The van der Waals surface area contributed by atoms with Crippen LogP contribution >= 0.6 is 0 Å². The molecular weight excluding hydrogens is 298 g/mol. The summed E-state index contributed by atoms with van der Waals surface area (Å²) in [6.07, 6.45) is 1.16. The zero-order chi connectivity index (χ0) is 17.7. The van der Waals surface area contributed by atoms with E-state index in [1.807, 2.05) is 63.5 Å². The molecular formula is C21H27NO2. The molecule has 2 aromatic rings. The van der Waals surface area contributed by atoms with Gasteiger partial charge in [0.2, 0.25) is 0 Å². The van der Waals surface area contributed by atoms with Crippen LogP contribution < -0.4 is 0 Å². The van der Waals surface area contributed by atoms with Crippen LogP contribution in [0.1, 0.15) is 37.8 Å². The molecule has 2 atom stereocenters. The molecule has 0 amide bonds. The summed E-state index contributed by atoms with van der Waals surface area (Å²) in [6.45, 7) is 4.06. The van der Waals surface area contributed by atoms with Crippen LogP contribution in [0.25, 0.3) is 0 Å². The number of Topliss-reactive ketones (excluding diaryl/α,β-unsaturated/α-hetero) is 1. The number of hydrogen-bond donors (Lipinski definition) is 1. The molecule has 0 aromatic heterocycles. The summed E-state index contributed by atoms with van der Waals surface area (Å²) in [4.78, 5) is 15.3. The Kier molecular flexibility index (Phi) is 5.79. The van der Waals surface area contributed by atoms with Crippen molar-refractivity contribution < 1.29 is 9.90 Å². The Morgan fingerprint density at radius 2 is 1.58 bits per heavy atom. The fourth-order valence-electron chi connectivity index (χ4n) is 3.23. The summed E-state index contributed by atoms with van der Waals surface area (Å²) in [5, 5.41) is 9.67. The number of benzene rings is 2. The van der Waals surface area contributed by atoms with Crippen molar-refractivity contribution in [2.45, 2.75) is 38.1 Å². The highest BCUT2D eigenvalue weighted by atomic mass is 16.3. The lowest BCUT2D eigenvalue weighted by Gasteiger charge is -2.37. The van der Waals surface area contributed by atoms with Gasteiger partial charge in [0.15, 0.2) is 0 Å². The third-order valence-corrected chi connectivity index (χ3v) is 4.91. The van der Waals surface area contributed by atoms with E-state index in [4.69, 9.17) is 0 Å². The van der Waals surface area contributed by atoms with E-state index in [-0.39, 0.29) is 17.6 Å². The number of ketones is 1. The predicted octanol–water partition coefficient (Wildman–Crippen LogP) is 4.00. The molecule has 128 valence electrons. The maximum Gasteiger partial charge on any atom is 0.147 e. The van der Waals surface area contributed by atoms with Crippen LogP contribution in [-0.4, -0.2) is 35.9 Å². The first-order valence-corrected chi connectivity index (χ1v) is 8.46. The summed E-state index contributed by atoms with van der Waals surface area (Å²) < 4.78 is 0. The lowest BCUT2D eigenvalue weighted by molar-refractivity contribution is -0.123. The second-order valence-electron chi connectivity index (χ2n) is 6.61. The van der Waals surface area contributed by atoms with Crippen LogP contribution in [0.15, 0.2) is 54.6 Å². The molecule has 0 bridgehead atoms. The average molecular weight is 325 g/mol. The SMILES string of the molecule is CCC(=O)C(CC(C)N(C)C)(c1ccccc1)c1ccc(O)cc1. The molecule has 0 spiro atoms. The Morgan fingerprint density at radius 3 is 2.08 bits per heavy atom. The Hall–Kier alpha value is -2.13. The number of nitrogens with zero attached hydrogens (tertiary/aromatic N) is 1. The molecule has 0 aliphatic carbocycles. The first-order chi connectivity index (χ1) is 11.4. The standard InChI is InChI=1S/C21H27NO2/c1-5-20(24)21(15-16(2)22(3)4,17-9-7-6-8-10-17)18-11-13-19(23)14-12-18/h6-14,16,23H,5,15H2,1-4H3. The third kappa shape index (κ3) is 3.51. The lowest BCUT2D eigenvalue weighted by Crippen LogP contribution is -2.42. The summed E-state index contributed by atoms with van der Waals surface area (Å²) >= 11 is 0. The molecule has 0 saturated heterocycles.